The van der Waals surface area contributed by atoms with Gasteiger partial charge >= 0.3 is 0 Å². The highest BCUT2D eigenvalue weighted by Crippen LogP contribution is 2.47. The second kappa shape index (κ2) is 7.39. The highest BCUT2D eigenvalue weighted by atomic mass is 16.5. The second-order valence-corrected chi connectivity index (χ2v) is 7.24. The molecule has 1 unspecified atom stereocenters. The van der Waals surface area contributed by atoms with Crippen LogP contribution < -0.4 is 4.74 Å². The molecule has 0 saturated heterocycles. The van der Waals surface area contributed by atoms with Gasteiger partial charge in [0.15, 0.2) is 5.78 Å². The number of Topliss-reactive ketones (excluding diaryl/α,β-unsaturated/α-hetero) is 1. The van der Waals surface area contributed by atoms with Gasteiger partial charge in [0.05, 0.1) is 0 Å². The standard InChI is InChI=1S/C24H22O4/c1-15-12-20(25)21-23(27)18(13-16-8-4-2-5-9-16)22(26)19(24(21)28-15)14-17-10-6-3-7-11-17/h2-11,15,26-27H,12-14H2,1H3. The third kappa shape index (κ3) is 3.33. The van der Waals surface area contributed by atoms with Gasteiger partial charge < -0.3 is 14.9 Å². The van der Waals surface area contributed by atoms with Crippen molar-refractivity contribution < 1.29 is 19.7 Å². The second-order valence-electron chi connectivity index (χ2n) is 7.24. The Balaban J connectivity index is 1.89. The summed E-state index contributed by atoms with van der Waals surface area (Å²) in [5, 5.41) is 21.9. The van der Waals surface area contributed by atoms with Gasteiger partial charge in [-0.2, -0.15) is 0 Å². The molecule has 1 heterocycles. The Kier molecular flexibility index (Phi) is 4.78. The summed E-state index contributed by atoms with van der Waals surface area (Å²) in [4.78, 5) is 12.7. The van der Waals surface area contributed by atoms with Crippen molar-refractivity contribution in [3.05, 3.63) is 88.5 Å². The van der Waals surface area contributed by atoms with Gasteiger partial charge in [0.2, 0.25) is 0 Å². The van der Waals surface area contributed by atoms with Crippen LogP contribution in [0, 0.1) is 0 Å². The van der Waals surface area contributed by atoms with E-state index in [1.165, 1.54) is 0 Å². The van der Waals surface area contributed by atoms with Gasteiger partial charge in [-0.3, -0.25) is 4.79 Å². The zero-order valence-electron chi connectivity index (χ0n) is 15.7. The summed E-state index contributed by atoms with van der Waals surface area (Å²) in [6.45, 7) is 1.82. The molecule has 1 aliphatic rings. The quantitative estimate of drug-likeness (QED) is 0.699. The predicted molar refractivity (Wildman–Crippen MR) is 107 cm³/mol. The summed E-state index contributed by atoms with van der Waals surface area (Å²) >= 11 is 0. The maximum atomic E-state index is 12.7. The molecule has 142 valence electrons. The minimum Gasteiger partial charge on any atom is -0.507 e. The molecule has 1 atom stereocenters. The molecule has 0 bridgehead atoms. The average Bonchev–Trinajstić information content (AvgIpc) is 2.69. The molecule has 0 radical (unpaired) electrons. The molecular formula is C24H22O4. The molecule has 0 saturated carbocycles. The minimum absolute atomic E-state index is 0.00847. The molecule has 0 fully saturated rings. The van der Waals surface area contributed by atoms with Crippen molar-refractivity contribution in [2.24, 2.45) is 0 Å². The van der Waals surface area contributed by atoms with Crippen LogP contribution in [0.3, 0.4) is 0 Å². The Bertz CT molecular complexity index is 1010. The number of hydrogen-bond donors (Lipinski definition) is 2. The van der Waals surface area contributed by atoms with Crippen LogP contribution in [0.5, 0.6) is 17.2 Å². The van der Waals surface area contributed by atoms with Gasteiger partial charge in [0.1, 0.15) is 28.9 Å². The fourth-order valence-corrected chi connectivity index (χ4v) is 3.74. The first kappa shape index (κ1) is 18.1. The first-order valence-electron chi connectivity index (χ1n) is 9.42. The Morgan fingerprint density at radius 2 is 1.39 bits per heavy atom. The van der Waals surface area contributed by atoms with Crippen molar-refractivity contribution in [3.63, 3.8) is 0 Å². The molecular weight excluding hydrogens is 352 g/mol. The van der Waals surface area contributed by atoms with Crippen molar-refractivity contribution >= 4 is 5.78 Å². The normalized spacial score (nSPS) is 15.8. The first-order valence-corrected chi connectivity index (χ1v) is 9.42. The van der Waals surface area contributed by atoms with Crippen LogP contribution in [0.1, 0.15) is 46.0 Å². The molecule has 0 amide bonds. The van der Waals surface area contributed by atoms with E-state index in [1.807, 2.05) is 67.6 Å². The Labute approximate surface area is 164 Å². The lowest BCUT2D eigenvalue weighted by Crippen LogP contribution is -2.25. The number of hydrogen-bond acceptors (Lipinski definition) is 4. The highest BCUT2D eigenvalue weighted by molar-refractivity contribution is 6.04. The SMILES string of the molecule is CC1CC(=O)c2c(O)c(Cc3ccccc3)c(O)c(Cc3ccccc3)c2O1. The topological polar surface area (TPSA) is 66.8 Å². The fraction of sp³-hybridized carbons (Fsp3) is 0.208. The number of rotatable bonds is 4. The van der Waals surface area contributed by atoms with E-state index in [-0.39, 0.29) is 35.4 Å². The maximum absolute atomic E-state index is 12.7. The van der Waals surface area contributed by atoms with Crippen molar-refractivity contribution in [3.8, 4) is 17.2 Å². The number of ketones is 1. The summed E-state index contributed by atoms with van der Waals surface area (Å²) < 4.78 is 5.93. The number of ether oxygens (including phenoxy) is 1. The number of aromatic hydroxyl groups is 2. The molecule has 0 aromatic heterocycles. The molecule has 3 aromatic carbocycles. The highest BCUT2D eigenvalue weighted by Gasteiger charge is 2.33. The monoisotopic (exact) mass is 374 g/mol. The van der Waals surface area contributed by atoms with Crippen LogP contribution in [0.15, 0.2) is 60.7 Å². The van der Waals surface area contributed by atoms with E-state index in [2.05, 4.69) is 0 Å². The molecule has 2 N–H and O–H groups in total. The summed E-state index contributed by atoms with van der Waals surface area (Å²) in [7, 11) is 0. The number of benzene rings is 3. The van der Waals surface area contributed by atoms with Crippen LogP contribution in [-0.4, -0.2) is 22.1 Å². The Morgan fingerprint density at radius 3 is 1.96 bits per heavy atom. The van der Waals surface area contributed by atoms with Gasteiger partial charge in [0.25, 0.3) is 0 Å². The molecule has 4 rings (SSSR count). The molecule has 0 aliphatic carbocycles. The average molecular weight is 374 g/mol. The molecule has 28 heavy (non-hydrogen) atoms. The number of carbonyl (C=O) groups excluding carboxylic acids is 1. The van der Waals surface area contributed by atoms with E-state index in [0.717, 1.165) is 11.1 Å². The third-order valence-corrected chi connectivity index (χ3v) is 5.11. The van der Waals surface area contributed by atoms with Crippen LogP contribution in [0.2, 0.25) is 0 Å². The smallest absolute Gasteiger partial charge is 0.174 e. The third-order valence-electron chi connectivity index (χ3n) is 5.11. The summed E-state index contributed by atoms with van der Waals surface area (Å²) in [6.07, 6.45) is 0.655. The van der Waals surface area contributed by atoms with Crippen LogP contribution in [-0.2, 0) is 12.8 Å². The summed E-state index contributed by atoms with van der Waals surface area (Å²) in [5.74, 6) is -0.0368. The van der Waals surface area contributed by atoms with E-state index >= 15 is 0 Å². The molecule has 3 aromatic rings. The lowest BCUT2D eigenvalue weighted by atomic mass is 9.89. The Morgan fingerprint density at radius 1 is 0.857 bits per heavy atom. The first-order chi connectivity index (χ1) is 13.5. The van der Waals surface area contributed by atoms with Gasteiger partial charge in [-0.25, -0.2) is 0 Å². The van der Waals surface area contributed by atoms with Crippen LogP contribution >= 0.6 is 0 Å². The van der Waals surface area contributed by atoms with Crippen molar-refractivity contribution in [1.82, 2.24) is 0 Å². The predicted octanol–water partition coefficient (Wildman–Crippen LogP) is 4.63. The van der Waals surface area contributed by atoms with Crippen molar-refractivity contribution in [2.75, 3.05) is 0 Å². The molecule has 1 aliphatic heterocycles. The fourth-order valence-electron chi connectivity index (χ4n) is 3.74. The van der Waals surface area contributed by atoms with E-state index in [0.29, 0.717) is 29.7 Å². The van der Waals surface area contributed by atoms with Gasteiger partial charge in [-0.15, -0.1) is 0 Å². The zero-order valence-corrected chi connectivity index (χ0v) is 15.7. The van der Waals surface area contributed by atoms with Crippen LogP contribution in [0.25, 0.3) is 0 Å². The molecule has 4 nitrogen and oxygen atoms in total. The van der Waals surface area contributed by atoms with Gasteiger partial charge in [-0.05, 0) is 18.1 Å². The van der Waals surface area contributed by atoms with E-state index in [4.69, 9.17) is 4.74 Å². The number of carbonyl (C=O) groups is 1. The van der Waals surface area contributed by atoms with E-state index in [9.17, 15) is 15.0 Å². The van der Waals surface area contributed by atoms with Crippen LogP contribution in [0.4, 0.5) is 0 Å². The van der Waals surface area contributed by atoms with E-state index in [1.54, 1.807) is 0 Å². The lowest BCUT2D eigenvalue weighted by Gasteiger charge is -2.27. The maximum Gasteiger partial charge on any atom is 0.174 e. The molecule has 4 heteroatoms. The summed E-state index contributed by atoms with van der Waals surface area (Å²) in [5.41, 5.74) is 3.03. The molecule has 0 spiro atoms. The van der Waals surface area contributed by atoms with Gasteiger partial charge in [0, 0.05) is 30.4 Å². The van der Waals surface area contributed by atoms with Crippen molar-refractivity contribution in [1.29, 1.82) is 0 Å². The largest absolute Gasteiger partial charge is 0.507 e. The zero-order chi connectivity index (χ0) is 19.7. The minimum atomic E-state index is -0.298. The summed E-state index contributed by atoms with van der Waals surface area (Å²) in [6, 6.07) is 19.3. The van der Waals surface area contributed by atoms with Crippen molar-refractivity contribution in [2.45, 2.75) is 32.3 Å². The van der Waals surface area contributed by atoms with Gasteiger partial charge in [-0.1, -0.05) is 60.7 Å². The number of phenols is 2. The Hall–Kier alpha value is -3.27. The van der Waals surface area contributed by atoms with E-state index < -0.39 is 0 Å². The number of phenolic OH excluding ortho intramolecular Hbond substituents is 2. The number of fused-ring (bicyclic) bond motifs is 1. The lowest BCUT2D eigenvalue weighted by molar-refractivity contribution is 0.0863.